The third-order valence-electron chi connectivity index (χ3n) is 2.33. The lowest BCUT2D eigenvalue weighted by Crippen LogP contribution is -2.03. The highest BCUT2D eigenvalue weighted by Crippen LogP contribution is 2.36. The fourth-order valence-corrected chi connectivity index (χ4v) is 2.33. The molecule has 0 aliphatic carbocycles. The second-order valence-corrected chi connectivity index (χ2v) is 4.99. The Bertz CT molecular complexity index is 582. The first-order valence-electron chi connectivity index (χ1n) is 5.16. The third kappa shape index (κ3) is 3.72. The smallest absolute Gasteiger partial charge is 0.387 e. The van der Waals surface area contributed by atoms with Crippen LogP contribution in [0.5, 0.6) is 5.75 Å². The summed E-state index contributed by atoms with van der Waals surface area (Å²) < 4.78 is 29.2. The average molecular weight is 324 g/mol. The van der Waals surface area contributed by atoms with Crippen molar-refractivity contribution in [3.8, 4) is 16.9 Å². The van der Waals surface area contributed by atoms with Crippen LogP contribution in [-0.4, -0.2) is 6.61 Å². The molecule has 2 aromatic carbocycles. The van der Waals surface area contributed by atoms with Crippen molar-refractivity contribution in [2.45, 2.75) is 6.61 Å². The number of ether oxygens (including phenoxy) is 1. The van der Waals surface area contributed by atoms with E-state index in [0.29, 0.717) is 26.2 Å². The second kappa shape index (κ2) is 5.95. The summed E-state index contributed by atoms with van der Waals surface area (Å²) in [7, 11) is 0. The summed E-state index contributed by atoms with van der Waals surface area (Å²) in [6.07, 6.45) is 0. The van der Waals surface area contributed by atoms with Gasteiger partial charge in [-0.3, -0.25) is 0 Å². The molecular weight excluding hydrogens is 316 g/mol. The molecular formula is C13H7Cl3F2O. The van der Waals surface area contributed by atoms with E-state index in [-0.39, 0.29) is 5.75 Å². The monoisotopic (exact) mass is 322 g/mol. The van der Waals surface area contributed by atoms with Gasteiger partial charge >= 0.3 is 6.61 Å². The van der Waals surface area contributed by atoms with Crippen LogP contribution < -0.4 is 4.74 Å². The highest BCUT2D eigenvalue weighted by Gasteiger charge is 2.13. The van der Waals surface area contributed by atoms with E-state index >= 15 is 0 Å². The summed E-state index contributed by atoms with van der Waals surface area (Å²) in [6.45, 7) is -2.94. The Balaban J connectivity index is 2.54. The van der Waals surface area contributed by atoms with Gasteiger partial charge in [0.15, 0.2) is 0 Å². The van der Waals surface area contributed by atoms with Crippen LogP contribution in [0, 0.1) is 0 Å². The zero-order valence-corrected chi connectivity index (χ0v) is 11.6. The summed E-state index contributed by atoms with van der Waals surface area (Å²) in [6, 6.07) is 9.23. The topological polar surface area (TPSA) is 9.23 Å². The van der Waals surface area contributed by atoms with Crippen LogP contribution in [0.15, 0.2) is 36.4 Å². The molecule has 0 spiro atoms. The molecule has 0 N–H and O–H groups in total. The molecule has 0 fully saturated rings. The van der Waals surface area contributed by atoms with Crippen molar-refractivity contribution < 1.29 is 13.5 Å². The summed E-state index contributed by atoms with van der Waals surface area (Å²) >= 11 is 17.6. The van der Waals surface area contributed by atoms with Crippen LogP contribution in [0.4, 0.5) is 8.78 Å². The lowest BCUT2D eigenvalue weighted by Gasteiger charge is -2.12. The molecule has 100 valence electrons. The molecule has 2 rings (SSSR count). The molecule has 19 heavy (non-hydrogen) atoms. The lowest BCUT2D eigenvalue weighted by atomic mass is 10.0. The maximum atomic E-state index is 12.4. The minimum absolute atomic E-state index is 0.0270. The number of rotatable bonds is 3. The van der Waals surface area contributed by atoms with Gasteiger partial charge in [0.2, 0.25) is 0 Å². The molecule has 0 saturated heterocycles. The van der Waals surface area contributed by atoms with Crippen molar-refractivity contribution in [1.82, 2.24) is 0 Å². The second-order valence-electron chi connectivity index (χ2n) is 3.68. The third-order valence-corrected chi connectivity index (χ3v) is 3.00. The molecule has 2 aromatic rings. The quantitative estimate of drug-likeness (QED) is 0.681. The van der Waals surface area contributed by atoms with Gasteiger partial charge in [-0.05, 0) is 42.0 Å². The van der Waals surface area contributed by atoms with E-state index in [4.69, 9.17) is 34.8 Å². The first-order chi connectivity index (χ1) is 8.95. The normalized spacial score (nSPS) is 10.8. The molecule has 0 radical (unpaired) electrons. The summed E-state index contributed by atoms with van der Waals surface area (Å²) in [5.74, 6) is -0.0270. The van der Waals surface area contributed by atoms with Gasteiger partial charge in [0, 0.05) is 20.6 Å². The van der Waals surface area contributed by atoms with Gasteiger partial charge in [-0.15, -0.1) is 0 Å². The van der Waals surface area contributed by atoms with Crippen molar-refractivity contribution >= 4 is 34.8 Å². The summed E-state index contributed by atoms with van der Waals surface area (Å²) in [4.78, 5) is 0. The molecule has 0 heterocycles. The van der Waals surface area contributed by atoms with Gasteiger partial charge in [-0.25, -0.2) is 0 Å². The number of benzene rings is 2. The number of hydrogen-bond acceptors (Lipinski definition) is 1. The Morgan fingerprint density at radius 1 is 0.842 bits per heavy atom. The maximum absolute atomic E-state index is 12.4. The maximum Gasteiger partial charge on any atom is 0.387 e. The zero-order valence-electron chi connectivity index (χ0n) is 9.34. The van der Waals surface area contributed by atoms with Crippen LogP contribution in [0.3, 0.4) is 0 Å². The molecule has 0 bridgehead atoms. The van der Waals surface area contributed by atoms with Crippen LogP contribution in [0.1, 0.15) is 0 Å². The van der Waals surface area contributed by atoms with E-state index in [1.807, 2.05) is 0 Å². The SMILES string of the molecule is FC(F)Oc1cc(Cl)ccc1-c1cc(Cl)cc(Cl)c1. The highest BCUT2D eigenvalue weighted by atomic mass is 35.5. The molecule has 0 aromatic heterocycles. The van der Waals surface area contributed by atoms with E-state index in [2.05, 4.69) is 4.74 Å². The largest absolute Gasteiger partial charge is 0.434 e. The van der Waals surface area contributed by atoms with E-state index < -0.39 is 6.61 Å². The van der Waals surface area contributed by atoms with Crippen LogP contribution in [-0.2, 0) is 0 Å². The Kier molecular flexibility index (Phi) is 4.50. The van der Waals surface area contributed by atoms with Crippen molar-refractivity contribution in [2.24, 2.45) is 0 Å². The van der Waals surface area contributed by atoms with E-state index in [1.54, 1.807) is 30.3 Å². The molecule has 0 unspecified atom stereocenters. The predicted molar refractivity (Wildman–Crippen MR) is 73.5 cm³/mol. The van der Waals surface area contributed by atoms with Gasteiger partial charge in [-0.1, -0.05) is 34.8 Å². The fourth-order valence-electron chi connectivity index (χ4n) is 1.64. The standard InChI is InChI=1S/C13H7Cl3F2O/c14-8-1-2-11(12(6-8)19-13(17)18)7-3-9(15)5-10(16)4-7/h1-6,13H. The molecule has 0 aliphatic rings. The van der Waals surface area contributed by atoms with Crippen molar-refractivity contribution in [3.05, 3.63) is 51.5 Å². The Morgan fingerprint density at radius 3 is 2.05 bits per heavy atom. The minimum atomic E-state index is -2.94. The molecule has 0 amide bonds. The summed E-state index contributed by atoms with van der Waals surface area (Å²) in [5, 5.41) is 1.11. The minimum Gasteiger partial charge on any atom is -0.434 e. The summed E-state index contributed by atoms with van der Waals surface area (Å²) in [5.41, 5.74) is 1.01. The first-order valence-corrected chi connectivity index (χ1v) is 6.30. The number of alkyl halides is 2. The molecule has 0 atom stereocenters. The van der Waals surface area contributed by atoms with E-state index in [1.165, 1.54) is 6.07 Å². The highest BCUT2D eigenvalue weighted by molar-refractivity contribution is 6.35. The van der Waals surface area contributed by atoms with Gasteiger partial charge in [0.1, 0.15) is 5.75 Å². The van der Waals surface area contributed by atoms with Crippen molar-refractivity contribution in [3.63, 3.8) is 0 Å². The molecule has 1 nitrogen and oxygen atoms in total. The average Bonchev–Trinajstić information content (AvgIpc) is 2.26. The van der Waals surface area contributed by atoms with Crippen LogP contribution in [0.25, 0.3) is 11.1 Å². The van der Waals surface area contributed by atoms with Crippen LogP contribution >= 0.6 is 34.8 Å². The van der Waals surface area contributed by atoms with Crippen molar-refractivity contribution in [1.29, 1.82) is 0 Å². The molecule has 0 aliphatic heterocycles. The van der Waals surface area contributed by atoms with Crippen LogP contribution in [0.2, 0.25) is 15.1 Å². The predicted octanol–water partition coefficient (Wildman–Crippen LogP) is 5.92. The Labute approximate surface area is 123 Å². The van der Waals surface area contributed by atoms with E-state index in [0.717, 1.165) is 0 Å². The zero-order chi connectivity index (χ0) is 14.0. The number of hydrogen-bond donors (Lipinski definition) is 0. The number of halogens is 5. The van der Waals surface area contributed by atoms with Gasteiger partial charge < -0.3 is 4.74 Å². The van der Waals surface area contributed by atoms with E-state index in [9.17, 15) is 8.78 Å². The van der Waals surface area contributed by atoms with Gasteiger partial charge in [-0.2, -0.15) is 8.78 Å². The fraction of sp³-hybridized carbons (Fsp3) is 0.0769. The molecule has 6 heteroatoms. The first kappa shape index (κ1) is 14.4. The molecule has 0 saturated carbocycles. The Morgan fingerprint density at radius 2 is 1.47 bits per heavy atom. The van der Waals surface area contributed by atoms with Gasteiger partial charge in [0.05, 0.1) is 0 Å². The Hall–Kier alpha value is -1.03. The van der Waals surface area contributed by atoms with Gasteiger partial charge in [0.25, 0.3) is 0 Å². The van der Waals surface area contributed by atoms with Crippen molar-refractivity contribution in [2.75, 3.05) is 0 Å². The lowest BCUT2D eigenvalue weighted by molar-refractivity contribution is -0.0494.